The van der Waals surface area contributed by atoms with Crippen molar-refractivity contribution in [3.63, 3.8) is 0 Å². The van der Waals surface area contributed by atoms with Gasteiger partial charge in [-0.1, -0.05) is 237 Å². The van der Waals surface area contributed by atoms with Crippen LogP contribution in [0.5, 0.6) is 0 Å². The molecule has 0 saturated carbocycles. The van der Waals surface area contributed by atoms with Gasteiger partial charge in [-0.2, -0.15) is 0 Å². The van der Waals surface area contributed by atoms with E-state index in [1.807, 2.05) is 0 Å². The fourth-order valence-corrected chi connectivity index (χ4v) is 8.38. The van der Waals surface area contributed by atoms with Crippen LogP contribution in [0.1, 0.15) is 290 Å². The van der Waals surface area contributed by atoms with Crippen LogP contribution in [-0.4, -0.2) is 47.4 Å². The zero-order valence-electron chi connectivity index (χ0n) is 42.1. The summed E-state index contributed by atoms with van der Waals surface area (Å²) in [5.74, 6) is -0.144. The Balaban J connectivity index is 3.54. The Morgan fingerprint density at radius 2 is 0.810 bits per heavy atom. The van der Waals surface area contributed by atoms with E-state index in [-0.39, 0.29) is 18.5 Å². The maximum Gasteiger partial charge on any atom is 0.305 e. The molecular formula is C57H107NO5. The molecule has 2 atom stereocenters. The summed E-state index contributed by atoms with van der Waals surface area (Å²) >= 11 is 0. The van der Waals surface area contributed by atoms with Crippen molar-refractivity contribution in [3.05, 3.63) is 36.5 Å². The quantitative estimate of drug-likeness (QED) is 0.0321. The lowest BCUT2D eigenvalue weighted by atomic mass is 10.0. The van der Waals surface area contributed by atoms with Crippen LogP contribution in [0.15, 0.2) is 36.5 Å². The lowest BCUT2D eigenvalue weighted by Crippen LogP contribution is -2.45. The van der Waals surface area contributed by atoms with E-state index >= 15 is 0 Å². The molecule has 0 aromatic rings. The van der Waals surface area contributed by atoms with Gasteiger partial charge in [-0.25, -0.2) is 0 Å². The van der Waals surface area contributed by atoms with Crippen molar-refractivity contribution >= 4 is 11.9 Å². The van der Waals surface area contributed by atoms with E-state index in [1.54, 1.807) is 0 Å². The first kappa shape index (κ1) is 61.1. The number of hydrogen-bond acceptors (Lipinski definition) is 5. The smallest absolute Gasteiger partial charge is 0.305 e. The van der Waals surface area contributed by atoms with Crippen LogP contribution in [0.25, 0.3) is 0 Å². The number of nitrogens with one attached hydrogen (secondary N) is 1. The van der Waals surface area contributed by atoms with Gasteiger partial charge in [-0.05, 0) is 77.0 Å². The second kappa shape index (κ2) is 52.7. The molecule has 0 bridgehead atoms. The lowest BCUT2D eigenvalue weighted by molar-refractivity contribution is -0.143. The summed E-state index contributed by atoms with van der Waals surface area (Å²) < 4.78 is 5.44. The molecule has 2 unspecified atom stereocenters. The van der Waals surface area contributed by atoms with Crippen molar-refractivity contribution in [3.8, 4) is 0 Å². The van der Waals surface area contributed by atoms with Gasteiger partial charge >= 0.3 is 5.97 Å². The fraction of sp³-hybridized carbons (Fsp3) is 0.860. The SMILES string of the molecule is CCCCCC/C=C\C/C=C\CCCCCCCC(=O)OCCCCCC/C=C\CCCC(=O)NC(CO)C(O)CCCCCCCCCCCCCCCCCCCCCCC. The Morgan fingerprint density at radius 1 is 0.444 bits per heavy atom. The molecule has 0 aliphatic heterocycles. The van der Waals surface area contributed by atoms with Crippen LogP contribution in [0.2, 0.25) is 0 Å². The standard InChI is InChI=1S/C57H107NO5/c1-3-5-7-9-11-13-15-17-19-21-22-23-24-25-26-28-30-33-37-41-45-49-55(60)54(53-59)58-56(61)50-46-42-38-34-32-36-40-44-48-52-63-57(62)51-47-43-39-35-31-29-27-20-18-16-14-12-10-8-6-4-2/h14,16,20,27,34,38,54-55,59-60H,3-13,15,17-19,21-26,28-33,35-37,39-53H2,1-2H3,(H,58,61)/b16-14-,27-20-,38-34-. The van der Waals surface area contributed by atoms with E-state index in [2.05, 4.69) is 55.6 Å². The van der Waals surface area contributed by atoms with Crippen molar-refractivity contribution < 1.29 is 24.5 Å². The molecule has 370 valence electrons. The van der Waals surface area contributed by atoms with Gasteiger partial charge in [0.05, 0.1) is 25.4 Å². The molecular weight excluding hydrogens is 779 g/mol. The average molecular weight is 886 g/mol. The summed E-state index contributed by atoms with van der Waals surface area (Å²) in [4.78, 5) is 24.5. The maximum absolute atomic E-state index is 12.5. The van der Waals surface area contributed by atoms with Gasteiger partial charge in [0.15, 0.2) is 0 Å². The maximum atomic E-state index is 12.5. The molecule has 0 aliphatic carbocycles. The summed E-state index contributed by atoms with van der Waals surface area (Å²) in [5, 5.41) is 23.3. The molecule has 0 rings (SSSR count). The predicted molar refractivity (Wildman–Crippen MR) is 273 cm³/mol. The van der Waals surface area contributed by atoms with Crippen LogP contribution in [0.3, 0.4) is 0 Å². The van der Waals surface area contributed by atoms with Gasteiger partial charge in [-0.15, -0.1) is 0 Å². The van der Waals surface area contributed by atoms with Gasteiger partial charge in [0.25, 0.3) is 0 Å². The average Bonchev–Trinajstić information content (AvgIpc) is 3.28. The molecule has 6 heteroatoms. The van der Waals surface area contributed by atoms with Crippen LogP contribution in [-0.2, 0) is 14.3 Å². The highest BCUT2D eigenvalue weighted by Crippen LogP contribution is 2.17. The molecule has 63 heavy (non-hydrogen) atoms. The van der Waals surface area contributed by atoms with Crippen LogP contribution >= 0.6 is 0 Å². The molecule has 0 aromatic heterocycles. The number of carbonyl (C=O) groups is 2. The molecule has 0 aliphatic rings. The number of carbonyl (C=O) groups excluding carboxylic acids is 2. The Kier molecular flexibility index (Phi) is 51.1. The third kappa shape index (κ3) is 49.4. The minimum absolute atomic E-state index is 0.0488. The molecule has 0 saturated heterocycles. The highest BCUT2D eigenvalue weighted by molar-refractivity contribution is 5.76. The molecule has 0 spiro atoms. The highest BCUT2D eigenvalue weighted by atomic mass is 16.5. The van der Waals surface area contributed by atoms with E-state index in [1.165, 1.54) is 173 Å². The first-order valence-electron chi connectivity index (χ1n) is 27.7. The second-order valence-corrected chi connectivity index (χ2v) is 18.9. The largest absolute Gasteiger partial charge is 0.466 e. The van der Waals surface area contributed by atoms with E-state index in [4.69, 9.17) is 4.74 Å². The van der Waals surface area contributed by atoms with Crippen molar-refractivity contribution in [2.75, 3.05) is 13.2 Å². The van der Waals surface area contributed by atoms with Crippen LogP contribution in [0, 0.1) is 0 Å². The molecule has 6 nitrogen and oxygen atoms in total. The van der Waals surface area contributed by atoms with Gasteiger partial charge in [-0.3, -0.25) is 9.59 Å². The third-order valence-electron chi connectivity index (χ3n) is 12.7. The minimum Gasteiger partial charge on any atom is -0.466 e. The molecule has 0 heterocycles. The number of amides is 1. The van der Waals surface area contributed by atoms with E-state index in [0.717, 1.165) is 83.5 Å². The predicted octanol–water partition coefficient (Wildman–Crippen LogP) is 16.9. The topological polar surface area (TPSA) is 95.9 Å². The number of hydrogen-bond donors (Lipinski definition) is 3. The Hall–Kier alpha value is -1.92. The van der Waals surface area contributed by atoms with E-state index < -0.39 is 12.1 Å². The Labute approximate surface area is 392 Å². The van der Waals surface area contributed by atoms with Crippen molar-refractivity contribution in [2.24, 2.45) is 0 Å². The van der Waals surface area contributed by atoms with Crippen LogP contribution in [0.4, 0.5) is 0 Å². The van der Waals surface area contributed by atoms with Crippen LogP contribution < -0.4 is 5.32 Å². The monoisotopic (exact) mass is 886 g/mol. The second-order valence-electron chi connectivity index (χ2n) is 18.9. The van der Waals surface area contributed by atoms with Crippen molar-refractivity contribution in [2.45, 2.75) is 302 Å². The number of rotatable bonds is 51. The molecule has 0 fully saturated rings. The van der Waals surface area contributed by atoms with Gasteiger partial charge in [0, 0.05) is 12.8 Å². The zero-order valence-corrected chi connectivity index (χ0v) is 42.1. The summed E-state index contributed by atoms with van der Waals surface area (Å²) in [7, 11) is 0. The van der Waals surface area contributed by atoms with Crippen molar-refractivity contribution in [1.29, 1.82) is 0 Å². The molecule has 0 aromatic carbocycles. The summed E-state index contributed by atoms with van der Waals surface area (Å²) in [6.45, 7) is 4.85. The summed E-state index contributed by atoms with van der Waals surface area (Å²) in [6, 6.07) is -0.581. The minimum atomic E-state index is -0.697. The number of aliphatic hydroxyl groups excluding tert-OH is 2. The summed E-state index contributed by atoms with van der Waals surface area (Å²) in [5.41, 5.74) is 0. The first-order valence-corrected chi connectivity index (χ1v) is 27.7. The lowest BCUT2D eigenvalue weighted by Gasteiger charge is -2.22. The van der Waals surface area contributed by atoms with E-state index in [0.29, 0.717) is 25.9 Å². The molecule has 3 N–H and O–H groups in total. The summed E-state index contributed by atoms with van der Waals surface area (Å²) in [6.07, 6.45) is 64.2. The number of unbranched alkanes of at least 4 members (excludes halogenated alkanes) is 34. The zero-order chi connectivity index (χ0) is 45.8. The fourth-order valence-electron chi connectivity index (χ4n) is 8.38. The van der Waals surface area contributed by atoms with Crippen molar-refractivity contribution in [1.82, 2.24) is 5.32 Å². The van der Waals surface area contributed by atoms with Gasteiger partial charge in [0.1, 0.15) is 0 Å². The van der Waals surface area contributed by atoms with E-state index in [9.17, 15) is 19.8 Å². The number of esters is 1. The number of ether oxygens (including phenoxy) is 1. The van der Waals surface area contributed by atoms with Gasteiger partial charge < -0.3 is 20.3 Å². The van der Waals surface area contributed by atoms with Gasteiger partial charge in [0.2, 0.25) is 5.91 Å². The Morgan fingerprint density at radius 3 is 1.27 bits per heavy atom. The highest BCUT2D eigenvalue weighted by Gasteiger charge is 2.20. The normalized spacial score (nSPS) is 12.9. The molecule has 1 amide bonds. The first-order chi connectivity index (χ1) is 31.0. The molecule has 0 radical (unpaired) electrons. The Bertz CT molecular complexity index is 1020. The third-order valence-corrected chi connectivity index (χ3v) is 12.7. The number of allylic oxidation sites excluding steroid dienone is 6. The number of aliphatic hydroxyl groups is 2.